The van der Waals surface area contributed by atoms with Gasteiger partial charge in [-0.05, 0) is 37.4 Å². The van der Waals surface area contributed by atoms with Gasteiger partial charge in [-0.25, -0.2) is 5.48 Å². The number of carbonyl (C=O) groups is 1. The van der Waals surface area contributed by atoms with Crippen molar-refractivity contribution in [3.8, 4) is 0 Å². The molecule has 0 radical (unpaired) electrons. The average molecular weight is 284 g/mol. The number of nitrogens with zero attached hydrogens (tertiary/aromatic N) is 1. The summed E-state index contributed by atoms with van der Waals surface area (Å²) in [6.07, 6.45) is 3.10. The van der Waals surface area contributed by atoms with Crippen molar-refractivity contribution >= 4 is 17.2 Å². The highest BCUT2D eigenvalue weighted by molar-refractivity contribution is 7.12. The zero-order chi connectivity index (χ0) is 13.5. The SMILES string of the molecule is O=C(NOCC(O)CN1CCCCC1)c1cccs1. The van der Waals surface area contributed by atoms with Crippen molar-refractivity contribution in [3.05, 3.63) is 22.4 Å². The van der Waals surface area contributed by atoms with Crippen LogP contribution in [-0.2, 0) is 4.84 Å². The van der Waals surface area contributed by atoms with E-state index in [0.29, 0.717) is 11.4 Å². The van der Waals surface area contributed by atoms with E-state index in [2.05, 4.69) is 10.4 Å². The highest BCUT2D eigenvalue weighted by Crippen LogP contribution is 2.09. The molecule has 6 heteroatoms. The predicted octanol–water partition coefficient (Wildman–Crippen LogP) is 1.26. The molecule has 2 N–H and O–H groups in total. The van der Waals surface area contributed by atoms with Crippen LogP contribution >= 0.6 is 11.3 Å². The Balaban J connectivity index is 1.60. The standard InChI is InChI=1S/C13H20N2O3S/c16-11(9-15-6-2-1-3-7-15)10-18-14-13(17)12-5-4-8-19-12/h4-5,8,11,16H,1-3,6-7,9-10H2,(H,14,17). The van der Waals surface area contributed by atoms with Gasteiger partial charge in [0.15, 0.2) is 0 Å². The largest absolute Gasteiger partial charge is 0.389 e. The van der Waals surface area contributed by atoms with Crippen LogP contribution in [0.25, 0.3) is 0 Å². The number of likely N-dealkylation sites (tertiary alicyclic amines) is 1. The molecular weight excluding hydrogens is 264 g/mol. The summed E-state index contributed by atoms with van der Waals surface area (Å²) in [4.78, 5) is 19.4. The van der Waals surface area contributed by atoms with Crippen LogP contribution in [0.3, 0.4) is 0 Å². The Morgan fingerprint density at radius 1 is 1.47 bits per heavy atom. The Morgan fingerprint density at radius 2 is 2.26 bits per heavy atom. The molecule has 1 fully saturated rings. The third kappa shape index (κ3) is 4.91. The average Bonchev–Trinajstić information content (AvgIpc) is 2.93. The second-order valence-corrected chi connectivity index (χ2v) is 5.68. The van der Waals surface area contributed by atoms with Gasteiger partial charge in [0.1, 0.15) is 6.61 Å². The molecule has 1 amide bonds. The van der Waals surface area contributed by atoms with Crippen LogP contribution in [0.2, 0.25) is 0 Å². The third-order valence-corrected chi connectivity index (χ3v) is 3.97. The summed E-state index contributed by atoms with van der Waals surface area (Å²) in [5.41, 5.74) is 2.35. The first kappa shape index (κ1) is 14.5. The van der Waals surface area contributed by atoms with Crippen LogP contribution in [-0.4, -0.2) is 48.3 Å². The van der Waals surface area contributed by atoms with E-state index in [1.165, 1.54) is 30.6 Å². The van der Waals surface area contributed by atoms with E-state index in [0.717, 1.165) is 13.1 Å². The molecular formula is C13H20N2O3S. The summed E-state index contributed by atoms with van der Waals surface area (Å²) in [6.45, 7) is 2.81. The van der Waals surface area contributed by atoms with E-state index in [-0.39, 0.29) is 12.5 Å². The second-order valence-electron chi connectivity index (χ2n) is 4.73. The molecule has 1 aliphatic rings. The number of hydrogen-bond donors (Lipinski definition) is 2. The Hall–Kier alpha value is -0.950. The van der Waals surface area contributed by atoms with Crippen LogP contribution in [0.1, 0.15) is 28.9 Å². The van der Waals surface area contributed by atoms with E-state index in [9.17, 15) is 9.90 Å². The van der Waals surface area contributed by atoms with Gasteiger partial charge in [0.05, 0.1) is 11.0 Å². The number of β-amino-alcohol motifs (C(OH)–C–C–N with tert-alkyl or cyclic N) is 1. The summed E-state index contributed by atoms with van der Waals surface area (Å²) in [7, 11) is 0. The number of thiophene rings is 1. The van der Waals surface area contributed by atoms with E-state index in [1.54, 1.807) is 6.07 Å². The zero-order valence-electron chi connectivity index (χ0n) is 10.9. The topological polar surface area (TPSA) is 61.8 Å². The minimum Gasteiger partial charge on any atom is -0.389 e. The molecule has 5 nitrogen and oxygen atoms in total. The molecule has 0 saturated carbocycles. The quantitative estimate of drug-likeness (QED) is 0.772. The molecule has 19 heavy (non-hydrogen) atoms. The fourth-order valence-corrected chi connectivity index (χ4v) is 2.76. The van der Waals surface area contributed by atoms with Crippen LogP contribution in [0, 0.1) is 0 Å². The van der Waals surface area contributed by atoms with E-state index >= 15 is 0 Å². The van der Waals surface area contributed by atoms with Gasteiger partial charge in [0.2, 0.25) is 0 Å². The zero-order valence-corrected chi connectivity index (χ0v) is 11.7. The number of aliphatic hydroxyl groups is 1. The molecule has 0 bridgehead atoms. The third-order valence-electron chi connectivity index (χ3n) is 3.10. The lowest BCUT2D eigenvalue weighted by Crippen LogP contribution is -2.39. The Labute approximate surface area is 117 Å². The monoisotopic (exact) mass is 284 g/mol. The van der Waals surface area contributed by atoms with Crippen molar-refractivity contribution in [2.45, 2.75) is 25.4 Å². The lowest BCUT2D eigenvalue weighted by Gasteiger charge is -2.28. The Bertz CT molecular complexity index is 377. The number of carbonyl (C=O) groups excluding carboxylic acids is 1. The van der Waals surface area contributed by atoms with Crippen LogP contribution in [0.4, 0.5) is 0 Å². The highest BCUT2D eigenvalue weighted by atomic mass is 32.1. The highest BCUT2D eigenvalue weighted by Gasteiger charge is 2.15. The normalized spacial score (nSPS) is 18.2. The van der Waals surface area contributed by atoms with Gasteiger partial charge in [-0.1, -0.05) is 12.5 Å². The first-order valence-corrected chi connectivity index (χ1v) is 7.50. The number of hydroxylamine groups is 1. The van der Waals surface area contributed by atoms with Crippen LogP contribution in [0.5, 0.6) is 0 Å². The van der Waals surface area contributed by atoms with Crippen molar-refractivity contribution in [2.24, 2.45) is 0 Å². The molecule has 1 atom stereocenters. The van der Waals surface area contributed by atoms with Crippen molar-refractivity contribution in [3.63, 3.8) is 0 Å². The van der Waals surface area contributed by atoms with E-state index in [4.69, 9.17) is 4.84 Å². The van der Waals surface area contributed by atoms with Crippen molar-refractivity contribution in [1.29, 1.82) is 0 Å². The van der Waals surface area contributed by atoms with Crippen LogP contribution in [0.15, 0.2) is 17.5 Å². The molecule has 2 rings (SSSR count). The van der Waals surface area contributed by atoms with Gasteiger partial charge in [-0.15, -0.1) is 11.3 Å². The molecule has 1 aliphatic heterocycles. The smallest absolute Gasteiger partial charge is 0.284 e. The van der Waals surface area contributed by atoms with Gasteiger partial charge in [-0.2, -0.15) is 0 Å². The number of nitrogens with one attached hydrogen (secondary N) is 1. The molecule has 1 saturated heterocycles. The molecule has 1 aromatic rings. The predicted molar refractivity (Wildman–Crippen MR) is 74.0 cm³/mol. The van der Waals surface area contributed by atoms with Crippen molar-refractivity contribution in [1.82, 2.24) is 10.4 Å². The Morgan fingerprint density at radius 3 is 2.95 bits per heavy atom. The van der Waals surface area contributed by atoms with Gasteiger partial charge >= 0.3 is 0 Å². The lowest BCUT2D eigenvalue weighted by molar-refractivity contribution is -0.0241. The number of amides is 1. The molecule has 2 heterocycles. The lowest BCUT2D eigenvalue weighted by atomic mass is 10.1. The molecule has 106 valence electrons. The second kappa shape index (κ2) is 7.59. The summed E-state index contributed by atoms with van der Waals surface area (Å²) >= 11 is 1.36. The maximum absolute atomic E-state index is 11.6. The summed E-state index contributed by atoms with van der Waals surface area (Å²) in [6, 6.07) is 3.54. The first-order chi connectivity index (χ1) is 9.25. The number of hydrogen-bond acceptors (Lipinski definition) is 5. The van der Waals surface area contributed by atoms with Gasteiger partial charge in [-0.3, -0.25) is 9.63 Å². The summed E-state index contributed by atoms with van der Waals surface area (Å²) < 4.78 is 0. The minimum absolute atomic E-state index is 0.119. The number of rotatable bonds is 6. The molecule has 1 unspecified atom stereocenters. The molecule has 0 spiro atoms. The fraction of sp³-hybridized carbons (Fsp3) is 0.615. The molecule has 1 aromatic heterocycles. The summed E-state index contributed by atoms with van der Waals surface area (Å²) in [5.74, 6) is -0.264. The van der Waals surface area contributed by atoms with Crippen molar-refractivity contribution < 1.29 is 14.7 Å². The number of aliphatic hydroxyl groups excluding tert-OH is 1. The van der Waals surface area contributed by atoms with E-state index in [1.807, 2.05) is 11.4 Å². The molecule has 0 aliphatic carbocycles. The van der Waals surface area contributed by atoms with Crippen LogP contribution < -0.4 is 5.48 Å². The van der Waals surface area contributed by atoms with Gasteiger partial charge in [0, 0.05) is 6.54 Å². The maximum atomic E-state index is 11.6. The first-order valence-electron chi connectivity index (χ1n) is 6.62. The van der Waals surface area contributed by atoms with Crippen molar-refractivity contribution in [2.75, 3.05) is 26.2 Å². The van der Waals surface area contributed by atoms with E-state index < -0.39 is 6.10 Å². The molecule has 0 aromatic carbocycles. The minimum atomic E-state index is -0.568. The summed E-state index contributed by atoms with van der Waals surface area (Å²) in [5, 5.41) is 11.7. The number of piperidine rings is 1. The fourth-order valence-electron chi connectivity index (χ4n) is 2.15. The Kier molecular flexibility index (Phi) is 5.78. The van der Waals surface area contributed by atoms with Gasteiger partial charge in [0.25, 0.3) is 5.91 Å². The van der Waals surface area contributed by atoms with Gasteiger partial charge < -0.3 is 10.0 Å². The maximum Gasteiger partial charge on any atom is 0.284 e.